The molecule has 2 aromatic rings. The van der Waals surface area contributed by atoms with Crippen LogP contribution in [0.3, 0.4) is 0 Å². The Labute approximate surface area is 119 Å². The number of fused-ring (bicyclic) bond motifs is 1. The summed E-state index contributed by atoms with van der Waals surface area (Å²) >= 11 is 3.32. The molecule has 0 spiro atoms. The van der Waals surface area contributed by atoms with Gasteiger partial charge in [-0.15, -0.1) is 0 Å². The molecule has 3 heterocycles. The fourth-order valence-corrected chi connectivity index (χ4v) is 2.66. The van der Waals surface area contributed by atoms with Crippen LogP contribution in [0.2, 0.25) is 0 Å². The third kappa shape index (κ3) is 2.68. The molecule has 1 amide bonds. The van der Waals surface area contributed by atoms with Gasteiger partial charge in [0.2, 0.25) is 0 Å². The van der Waals surface area contributed by atoms with Crippen molar-refractivity contribution in [2.45, 2.75) is 25.4 Å². The van der Waals surface area contributed by atoms with E-state index in [0.717, 1.165) is 23.9 Å². The first-order valence-electron chi connectivity index (χ1n) is 6.14. The quantitative estimate of drug-likeness (QED) is 0.917. The highest BCUT2D eigenvalue weighted by atomic mass is 79.9. The van der Waals surface area contributed by atoms with Crippen molar-refractivity contribution in [1.29, 1.82) is 0 Å². The van der Waals surface area contributed by atoms with Crippen LogP contribution in [0.1, 0.15) is 22.5 Å². The molecule has 0 unspecified atom stereocenters. The molecule has 1 N–H and O–H groups in total. The van der Waals surface area contributed by atoms with E-state index in [0.29, 0.717) is 5.56 Å². The van der Waals surface area contributed by atoms with Crippen LogP contribution >= 0.6 is 15.9 Å². The molecule has 1 aliphatic rings. The van der Waals surface area contributed by atoms with Crippen molar-refractivity contribution >= 4 is 21.8 Å². The lowest BCUT2D eigenvalue weighted by molar-refractivity contribution is 0.0930. The molecule has 0 radical (unpaired) electrons. The van der Waals surface area contributed by atoms with Gasteiger partial charge in [-0.3, -0.25) is 14.5 Å². The number of hydrogen-bond acceptors (Lipinski definition) is 3. The van der Waals surface area contributed by atoms with E-state index < -0.39 is 0 Å². The maximum atomic E-state index is 12.1. The number of carbonyl (C=O) groups excluding carboxylic acids is 1. The number of rotatable bonds is 2. The summed E-state index contributed by atoms with van der Waals surface area (Å²) in [6, 6.07) is 3.93. The number of amides is 1. The molecule has 98 valence electrons. The van der Waals surface area contributed by atoms with Gasteiger partial charge in [0.1, 0.15) is 0 Å². The first kappa shape index (κ1) is 12.3. The fourth-order valence-electron chi connectivity index (χ4n) is 2.30. The van der Waals surface area contributed by atoms with Gasteiger partial charge in [-0.25, -0.2) is 0 Å². The first-order chi connectivity index (χ1) is 9.22. The number of hydrogen-bond donors (Lipinski definition) is 1. The summed E-state index contributed by atoms with van der Waals surface area (Å²) in [5, 5.41) is 7.28. The van der Waals surface area contributed by atoms with E-state index >= 15 is 0 Å². The van der Waals surface area contributed by atoms with E-state index in [9.17, 15) is 4.79 Å². The lowest BCUT2D eigenvalue weighted by Crippen LogP contribution is -2.40. The second kappa shape index (κ2) is 5.13. The van der Waals surface area contributed by atoms with Crippen molar-refractivity contribution in [2.24, 2.45) is 0 Å². The topological polar surface area (TPSA) is 59.8 Å². The zero-order valence-corrected chi connectivity index (χ0v) is 11.8. The summed E-state index contributed by atoms with van der Waals surface area (Å²) in [6.45, 7) is 0.851. The average Bonchev–Trinajstić information content (AvgIpc) is 2.86. The second-order valence-electron chi connectivity index (χ2n) is 4.60. The van der Waals surface area contributed by atoms with Crippen molar-refractivity contribution < 1.29 is 4.79 Å². The number of carbonyl (C=O) groups is 1. The van der Waals surface area contributed by atoms with E-state index in [4.69, 9.17) is 0 Å². The van der Waals surface area contributed by atoms with Gasteiger partial charge in [-0.2, -0.15) is 5.10 Å². The summed E-state index contributed by atoms with van der Waals surface area (Å²) < 4.78 is 2.80. The summed E-state index contributed by atoms with van der Waals surface area (Å²) in [7, 11) is 0. The van der Waals surface area contributed by atoms with Gasteiger partial charge >= 0.3 is 0 Å². The van der Waals surface area contributed by atoms with Crippen molar-refractivity contribution in [3.05, 3.63) is 46.5 Å². The lowest BCUT2D eigenvalue weighted by atomic mass is 10.0. The normalized spacial score (nSPS) is 17.8. The molecule has 0 bridgehead atoms. The van der Waals surface area contributed by atoms with Crippen LogP contribution in [0.5, 0.6) is 0 Å². The van der Waals surface area contributed by atoms with Crippen LogP contribution in [-0.4, -0.2) is 26.7 Å². The Kier molecular flexibility index (Phi) is 3.33. The monoisotopic (exact) mass is 320 g/mol. The maximum Gasteiger partial charge on any atom is 0.253 e. The van der Waals surface area contributed by atoms with Gasteiger partial charge in [-0.05, 0) is 34.5 Å². The number of nitrogens with one attached hydrogen (secondary N) is 1. The first-order valence-corrected chi connectivity index (χ1v) is 6.94. The standard InChI is InChI=1S/C13H13BrN4O/c14-10-5-9(7-15-8-10)13(19)17-11-2-4-18-12(6-11)1-3-16-18/h1,3,5,7-8,11H,2,4,6H2,(H,17,19)/t11-/m1/s1. The number of pyridine rings is 1. The van der Waals surface area contributed by atoms with E-state index in [1.165, 1.54) is 5.69 Å². The second-order valence-corrected chi connectivity index (χ2v) is 5.52. The molecule has 6 heteroatoms. The van der Waals surface area contributed by atoms with Gasteiger partial charge < -0.3 is 5.32 Å². The maximum absolute atomic E-state index is 12.1. The molecule has 0 aromatic carbocycles. The van der Waals surface area contributed by atoms with Gasteiger partial charge in [0.25, 0.3) is 5.91 Å². The molecular weight excluding hydrogens is 308 g/mol. The van der Waals surface area contributed by atoms with Crippen molar-refractivity contribution in [2.75, 3.05) is 0 Å². The minimum absolute atomic E-state index is 0.0771. The van der Waals surface area contributed by atoms with Crippen LogP contribution in [0, 0.1) is 0 Å². The Morgan fingerprint density at radius 2 is 2.37 bits per heavy atom. The third-order valence-corrected chi connectivity index (χ3v) is 3.69. The highest BCUT2D eigenvalue weighted by Crippen LogP contribution is 2.15. The molecule has 0 aliphatic carbocycles. The summed E-state index contributed by atoms with van der Waals surface area (Å²) in [6.07, 6.45) is 6.77. The van der Waals surface area contributed by atoms with E-state index in [2.05, 4.69) is 31.3 Å². The van der Waals surface area contributed by atoms with Gasteiger partial charge in [-0.1, -0.05) is 0 Å². The fraction of sp³-hybridized carbons (Fsp3) is 0.308. The highest BCUT2D eigenvalue weighted by Gasteiger charge is 2.21. The Morgan fingerprint density at radius 3 is 3.21 bits per heavy atom. The number of aryl methyl sites for hydroxylation is 1. The van der Waals surface area contributed by atoms with E-state index in [-0.39, 0.29) is 11.9 Å². The molecule has 0 fully saturated rings. The zero-order chi connectivity index (χ0) is 13.2. The largest absolute Gasteiger partial charge is 0.349 e. The van der Waals surface area contributed by atoms with Crippen molar-refractivity contribution in [3.63, 3.8) is 0 Å². The summed E-state index contributed by atoms with van der Waals surface area (Å²) in [5.74, 6) is -0.0771. The lowest BCUT2D eigenvalue weighted by Gasteiger charge is -2.24. The molecule has 0 saturated heterocycles. The molecule has 3 rings (SSSR count). The third-order valence-electron chi connectivity index (χ3n) is 3.25. The summed E-state index contributed by atoms with van der Waals surface area (Å²) in [4.78, 5) is 16.1. The minimum Gasteiger partial charge on any atom is -0.349 e. The zero-order valence-electron chi connectivity index (χ0n) is 10.2. The Bertz CT molecular complexity index is 610. The molecule has 1 atom stereocenters. The SMILES string of the molecule is O=C(N[C@@H]1CCn2nccc2C1)c1cncc(Br)c1. The predicted molar refractivity (Wildman–Crippen MR) is 73.7 cm³/mol. The van der Waals surface area contributed by atoms with E-state index in [1.807, 2.05) is 10.7 Å². The van der Waals surface area contributed by atoms with Crippen LogP contribution < -0.4 is 5.32 Å². The minimum atomic E-state index is -0.0771. The Balaban J connectivity index is 1.68. The number of nitrogens with zero attached hydrogens (tertiary/aromatic N) is 3. The molecular formula is C13H13BrN4O. The average molecular weight is 321 g/mol. The summed E-state index contributed by atoms with van der Waals surface area (Å²) in [5.41, 5.74) is 1.75. The van der Waals surface area contributed by atoms with Gasteiger partial charge in [0.15, 0.2) is 0 Å². The Morgan fingerprint density at radius 1 is 1.47 bits per heavy atom. The van der Waals surface area contributed by atoms with Crippen LogP contribution in [-0.2, 0) is 13.0 Å². The number of aromatic nitrogens is 3. The van der Waals surface area contributed by atoms with Crippen LogP contribution in [0.4, 0.5) is 0 Å². The predicted octanol–water partition coefficient (Wildman–Crippen LogP) is 1.79. The van der Waals surface area contributed by atoms with Gasteiger partial charge in [0, 0.05) is 47.8 Å². The van der Waals surface area contributed by atoms with Crippen molar-refractivity contribution in [1.82, 2.24) is 20.1 Å². The Hall–Kier alpha value is -1.69. The van der Waals surface area contributed by atoms with E-state index in [1.54, 1.807) is 24.7 Å². The molecule has 2 aromatic heterocycles. The highest BCUT2D eigenvalue weighted by molar-refractivity contribution is 9.10. The van der Waals surface area contributed by atoms with Crippen LogP contribution in [0.25, 0.3) is 0 Å². The molecule has 5 nitrogen and oxygen atoms in total. The number of halogens is 1. The molecule has 0 saturated carbocycles. The van der Waals surface area contributed by atoms with Gasteiger partial charge in [0.05, 0.1) is 5.56 Å². The van der Waals surface area contributed by atoms with Crippen LogP contribution in [0.15, 0.2) is 35.2 Å². The smallest absolute Gasteiger partial charge is 0.253 e. The van der Waals surface area contributed by atoms with Crippen molar-refractivity contribution in [3.8, 4) is 0 Å². The molecule has 1 aliphatic heterocycles. The molecule has 19 heavy (non-hydrogen) atoms.